The van der Waals surface area contributed by atoms with E-state index in [0.29, 0.717) is 5.57 Å². The molecule has 5 heteroatoms. The van der Waals surface area contributed by atoms with Gasteiger partial charge in [0.05, 0.1) is 0 Å². The lowest BCUT2D eigenvalue weighted by Crippen LogP contribution is -2.53. The van der Waals surface area contributed by atoms with Crippen LogP contribution in [0.15, 0.2) is 24.4 Å². The Labute approximate surface area is 120 Å². The molecule has 0 aromatic heterocycles. The maximum Gasteiger partial charge on any atom is 0.333 e. The third-order valence-electron chi connectivity index (χ3n) is 2.94. The van der Waals surface area contributed by atoms with Gasteiger partial charge in [-0.05, 0) is 39.5 Å². The Hall–Kier alpha value is -0.656. The van der Waals surface area contributed by atoms with Crippen molar-refractivity contribution in [3.63, 3.8) is 0 Å². The minimum Gasteiger partial charge on any atom is -0.460 e. The summed E-state index contributed by atoms with van der Waals surface area (Å²) in [4.78, 5) is 11.7. The molecule has 0 aromatic carbocycles. The predicted octanol–water partition coefficient (Wildman–Crippen LogP) is 3.97. The largest absolute Gasteiger partial charge is 0.460 e. The van der Waals surface area contributed by atoms with E-state index in [9.17, 15) is 4.79 Å². The van der Waals surface area contributed by atoms with Gasteiger partial charge in [0.25, 0.3) is 0 Å². The smallest absolute Gasteiger partial charge is 0.333 e. The Bertz CT molecular complexity index is 349. The van der Waals surface area contributed by atoms with Crippen LogP contribution in [0.3, 0.4) is 0 Å². The van der Waals surface area contributed by atoms with E-state index in [1.165, 1.54) is 0 Å². The van der Waals surface area contributed by atoms with E-state index in [0.717, 1.165) is 12.8 Å². The average molecular weight is 301 g/mol. The molecular formula is C14H28O3Si2. The Morgan fingerprint density at radius 3 is 2.21 bits per heavy atom. The number of hydrogen-bond donors (Lipinski definition) is 0. The minimum atomic E-state index is -2.11. The first-order valence-corrected chi connectivity index (χ1v) is 12.7. The maximum absolute atomic E-state index is 11.7. The van der Waals surface area contributed by atoms with E-state index in [2.05, 4.69) is 46.3 Å². The van der Waals surface area contributed by atoms with Crippen LogP contribution in [0.1, 0.15) is 26.7 Å². The minimum absolute atomic E-state index is 0.131. The normalized spacial score (nSPS) is 13.8. The van der Waals surface area contributed by atoms with E-state index in [-0.39, 0.29) is 11.7 Å². The fraction of sp³-hybridized carbons (Fsp3) is 0.643. The molecule has 19 heavy (non-hydrogen) atoms. The molecular weight excluding hydrogens is 272 g/mol. The van der Waals surface area contributed by atoms with E-state index in [4.69, 9.17) is 8.85 Å². The zero-order valence-electron chi connectivity index (χ0n) is 13.2. The number of ether oxygens (including phenoxy) is 1. The molecule has 0 saturated heterocycles. The lowest BCUT2D eigenvalue weighted by atomic mass is 10.3. The molecule has 0 N–H and O–H groups in total. The van der Waals surface area contributed by atoms with Gasteiger partial charge in [0.15, 0.2) is 8.32 Å². The van der Waals surface area contributed by atoms with Crippen molar-refractivity contribution < 1.29 is 13.6 Å². The maximum atomic E-state index is 11.7. The highest BCUT2D eigenvalue weighted by molar-refractivity contribution is 6.87. The van der Waals surface area contributed by atoms with Gasteiger partial charge in [-0.15, -0.1) is 6.58 Å². The SMILES string of the molecule is C=C[Si](C)(C)O[Si](C)(C)C(CCC)OC(=O)C(=C)C. The molecule has 0 aliphatic rings. The van der Waals surface area contributed by atoms with Crippen molar-refractivity contribution in [2.45, 2.75) is 58.6 Å². The molecule has 110 valence electrons. The fourth-order valence-electron chi connectivity index (χ4n) is 1.83. The van der Waals surface area contributed by atoms with Crippen LogP contribution in [0.2, 0.25) is 26.2 Å². The van der Waals surface area contributed by atoms with E-state index in [1.54, 1.807) is 6.92 Å². The lowest BCUT2D eigenvalue weighted by molar-refractivity contribution is -0.141. The van der Waals surface area contributed by atoms with Gasteiger partial charge in [0.1, 0.15) is 5.73 Å². The van der Waals surface area contributed by atoms with Crippen molar-refractivity contribution in [2.24, 2.45) is 0 Å². The van der Waals surface area contributed by atoms with Gasteiger partial charge >= 0.3 is 5.97 Å². The summed E-state index contributed by atoms with van der Waals surface area (Å²) in [5, 5.41) is 0. The molecule has 0 amide bonds. The number of esters is 1. The van der Waals surface area contributed by atoms with E-state index in [1.807, 2.05) is 5.70 Å². The molecule has 0 aliphatic heterocycles. The summed E-state index contributed by atoms with van der Waals surface area (Å²) in [6, 6.07) is 0. The first-order chi connectivity index (χ1) is 8.55. The summed E-state index contributed by atoms with van der Waals surface area (Å²) in [5.74, 6) is -0.319. The van der Waals surface area contributed by atoms with Crippen LogP contribution in [0.5, 0.6) is 0 Å². The quantitative estimate of drug-likeness (QED) is 0.386. The molecule has 0 heterocycles. The Balaban J connectivity index is 4.98. The van der Waals surface area contributed by atoms with Crippen molar-refractivity contribution in [2.75, 3.05) is 0 Å². The van der Waals surface area contributed by atoms with E-state index >= 15 is 0 Å². The summed E-state index contributed by atoms with van der Waals surface area (Å²) >= 11 is 0. The van der Waals surface area contributed by atoms with E-state index < -0.39 is 16.6 Å². The van der Waals surface area contributed by atoms with Crippen molar-refractivity contribution in [1.29, 1.82) is 0 Å². The molecule has 0 bridgehead atoms. The molecule has 0 spiro atoms. The monoisotopic (exact) mass is 300 g/mol. The van der Waals surface area contributed by atoms with Crippen LogP contribution in [0.4, 0.5) is 0 Å². The van der Waals surface area contributed by atoms with Gasteiger partial charge in [-0.3, -0.25) is 0 Å². The van der Waals surface area contributed by atoms with Gasteiger partial charge in [0, 0.05) is 5.57 Å². The number of carbonyl (C=O) groups excluding carboxylic acids is 1. The van der Waals surface area contributed by atoms with Crippen LogP contribution in [0, 0.1) is 0 Å². The summed E-state index contributed by atoms with van der Waals surface area (Å²) in [7, 11) is -3.98. The molecule has 0 rings (SSSR count). The molecule has 0 fully saturated rings. The lowest BCUT2D eigenvalue weighted by Gasteiger charge is -2.37. The first kappa shape index (κ1) is 18.3. The third kappa shape index (κ3) is 6.36. The summed E-state index contributed by atoms with van der Waals surface area (Å²) < 4.78 is 11.9. The molecule has 0 aromatic rings. The Kier molecular flexibility index (Phi) is 6.96. The highest BCUT2D eigenvalue weighted by Gasteiger charge is 2.40. The van der Waals surface area contributed by atoms with Gasteiger partial charge in [-0.2, -0.15) is 0 Å². The second-order valence-corrected chi connectivity index (χ2v) is 14.3. The van der Waals surface area contributed by atoms with Crippen molar-refractivity contribution in [3.8, 4) is 0 Å². The molecule has 0 radical (unpaired) electrons. The van der Waals surface area contributed by atoms with Crippen LogP contribution in [-0.4, -0.2) is 28.3 Å². The van der Waals surface area contributed by atoms with Gasteiger partial charge in [0.2, 0.25) is 8.32 Å². The fourth-order valence-corrected chi connectivity index (χ4v) is 9.48. The number of hydrogen-bond acceptors (Lipinski definition) is 3. The topological polar surface area (TPSA) is 35.5 Å². The van der Waals surface area contributed by atoms with Crippen LogP contribution in [0.25, 0.3) is 0 Å². The standard InChI is InChI=1S/C14H28O3Si2/c1-9-11-13(16-14(15)12(3)4)19(7,8)17-18(5,6)10-2/h10,13H,2-3,9,11H2,1,4-8H3. The molecule has 3 nitrogen and oxygen atoms in total. The highest BCUT2D eigenvalue weighted by Crippen LogP contribution is 2.24. The van der Waals surface area contributed by atoms with Gasteiger partial charge < -0.3 is 8.85 Å². The molecule has 0 saturated carbocycles. The second-order valence-electron chi connectivity index (χ2n) is 5.98. The van der Waals surface area contributed by atoms with Crippen LogP contribution >= 0.6 is 0 Å². The first-order valence-electron chi connectivity index (χ1n) is 6.76. The van der Waals surface area contributed by atoms with Crippen molar-refractivity contribution in [3.05, 3.63) is 24.4 Å². The molecule has 1 unspecified atom stereocenters. The van der Waals surface area contributed by atoms with Crippen LogP contribution < -0.4 is 0 Å². The van der Waals surface area contributed by atoms with Gasteiger partial charge in [-0.1, -0.05) is 25.6 Å². The predicted molar refractivity (Wildman–Crippen MR) is 85.8 cm³/mol. The zero-order chi connectivity index (χ0) is 15.3. The van der Waals surface area contributed by atoms with Crippen molar-refractivity contribution in [1.82, 2.24) is 0 Å². The Morgan fingerprint density at radius 2 is 1.84 bits per heavy atom. The molecule has 1 atom stereocenters. The molecule has 0 aliphatic carbocycles. The third-order valence-corrected chi connectivity index (χ3v) is 10.1. The highest BCUT2D eigenvalue weighted by atomic mass is 28.4. The van der Waals surface area contributed by atoms with Crippen molar-refractivity contribution >= 4 is 22.6 Å². The van der Waals surface area contributed by atoms with Gasteiger partial charge in [-0.25, -0.2) is 4.79 Å². The second kappa shape index (κ2) is 7.21. The Morgan fingerprint density at radius 1 is 1.32 bits per heavy atom. The summed E-state index contributed by atoms with van der Waals surface area (Å²) in [6.07, 6.45) is 1.80. The van der Waals surface area contributed by atoms with Crippen LogP contribution in [-0.2, 0) is 13.6 Å². The zero-order valence-corrected chi connectivity index (χ0v) is 15.2. The number of rotatable bonds is 8. The summed E-state index contributed by atoms with van der Waals surface area (Å²) in [6.45, 7) is 19.7. The summed E-state index contributed by atoms with van der Waals surface area (Å²) in [5.41, 5.74) is 2.23. The average Bonchev–Trinajstić information content (AvgIpc) is 2.26. The number of carbonyl (C=O) groups is 1.